The number of benzene rings is 2. The summed E-state index contributed by atoms with van der Waals surface area (Å²) in [6.45, 7) is 4.87. The van der Waals surface area contributed by atoms with E-state index in [-0.39, 0.29) is 0 Å². The molecule has 4 rings (SSSR count). The average molecular weight is 459 g/mol. The molecule has 31 heavy (non-hydrogen) atoms. The number of hydrogen-bond donors (Lipinski definition) is 0. The summed E-state index contributed by atoms with van der Waals surface area (Å²) in [4.78, 5) is 16.5. The monoisotopic (exact) mass is 458 g/mol. The van der Waals surface area contributed by atoms with Crippen LogP contribution in [0.2, 0.25) is 10.0 Å². The van der Waals surface area contributed by atoms with E-state index in [2.05, 4.69) is 9.80 Å². The van der Waals surface area contributed by atoms with Gasteiger partial charge in [-0.1, -0.05) is 53.5 Å². The molecule has 0 radical (unpaired) electrons. The molecule has 3 aromatic rings. The summed E-state index contributed by atoms with van der Waals surface area (Å²) >= 11 is 12.7. The van der Waals surface area contributed by atoms with Gasteiger partial charge in [-0.3, -0.25) is 9.69 Å². The lowest BCUT2D eigenvalue weighted by molar-refractivity contribution is -0.116. The summed E-state index contributed by atoms with van der Waals surface area (Å²) in [6.07, 6.45) is 0.434. The van der Waals surface area contributed by atoms with Gasteiger partial charge in [-0.2, -0.15) is 5.10 Å². The molecule has 6 nitrogen and oxygen atoms in total. The van der Waals surface area contributed by atoms with Crippen LogP contribution in [-0.4, -0.2) is 54.3 Å². The summed E-state index contributed by atoms with van der Waals surface area (Å²) < 4.78 is 7.07. The largest absolute Gasteiger partial charge is 0.495 e. The predicted molar refractivity (Wildman–Crippen MR) is 124 cm³/mol. The number of ether oxygens (including phenoxy) is 1. The van der Waals surface area contributed by atoms with E-state index in [0.29, 0.717) is 34.6 Å². The van der Waals surface area contributed by atoms with E-state index in [4.69, 9.17) is 33.0 Å². The van der Waals surface area contributed by atoms with Crippen molar-refractivity contribution in [3.8, 4) is 17.0 Å². The number of rotatable bonds is 6. The zero-order chi connectivity index (χ0) is 22.0. The van der Waals surface area contributed by atoms with E-state index in [9.17, 15) is 4.79 Å². The van der Waals surface area contributed by atoms with Gasteiger partial charge in [0, 0.05) is 43.5 Å². The van der Waals surface area contributed by atoms with Gasteiger partial charge in [0.05, 0.1) is 22.8 Å². The molecular formula is C23H24Cl2N4O2. The van der Waals surface area contributed by atoms with Crippen LogP contribution in [0.4, 0.5) is 5.69 Å². The summed E-state index contributed by atoms with van der Waals surface area (Å²) in [5.74, 6) is 0.655. The maximum absolute atomic E-state index is 12.1. The molecule has 1 atom stereocenters. The van der Waals surface area contributed by atoms with E-state index < -0.39 is 6.17 Å². The van der Waals surface area contributed by atoms with Gasteiger partial charge >= 0.3 is 0 Å². The minimum Gasteiger partial charge on any atom is -0.495 e. The predicted octanol–water partition coefficient (Wildman–Crippen LogP) is 4.69. The van der Waals surface area contributed by atoms with Crippen molar-refractivity contribution in [2.24, 2.45) is 0 Å². The summed E-state index contributed by atoms with van der Waals surface area (Å²) in [5, 5.41) is 5.87. The van der Waals surface area contributed by atoms with Gasteiger partial charge in [-0.15, -0.1) is 0 Å². The van der Waals surface area contributed by atoms with Gasteiger partial charge in [0.15, 0.2) is 12.5 Å². The minimum atomic E-state index is -0.503. The number of aromatic nitrogens is 2. The molecule has 0 spiro atoms. The van der Waals surface area contributed by atoms with Crippen molar-refractivity contribution in [3.05, 3.63) is 64.3 Å². The molecule has 0 saturated carbocycles. The smallest absolute Gasteiger partial charge is 0.160 e. The Morgan fingerprint density at radius 3 is 2.42 bits per heavy atom. The molecular weight excluding hydrogens is 435 g/mol. The van der Waals surface area contributed by atoms with Gasteiger partial charge in [-0.25, -0.2) is 4.68 Å². The second-order valence-electron chi connectivity index (χ2n) is 7.45. The first-order valence-electron chi connectivity index (χ1n) is 10.1. The first-order valence-corrected chi connectivity index (χ1v) is 10.9. The van der Waals surface area contributed by atoms with Crippen LogP contribution in [-0.2, 0) is 4.79 Å². The number of methoxy groups -OCH3 is 1. The molecule has 0 N–H and O–H groups in total. The van der Waals surface area contributed by atoms with Crippen molar-refractivity contribution in [2.45, 2.75) is 13.1 Å². The van der Waals surface area contributed by atoms with E-state index in [1.807, 2.05) is 55.5 Å². The normalized spacial score (nSPS) is 15.7. The van der Waals surface area contributed by atoms with Gasteiger partial charge < -0.3 is 9.64 Å². The van der Waals surface area contributed by atoms with Crippen molar-refractivity contribution in [2.75, 3.05) is 38.2 Å². The molecule has 2 heterocycles. The van der Waals surface area contributed by atoms with Crippen LogP contribution in [0.15, 0.2) is 48.5 Å². The molecule has 1 aliphatic rings. The SMILES string of the molecule is COc1cc(N2CCN(C(C=O)n3nc(-c4ccccc4)c(Cl)c3C)CC2)ccc1Cl. The Hall–Kier alpha value is -2.54. The molecule has 2 aromatic carbocycles. The first kappa shape index (κ1) is 21.7. The lowest BCUT2D eigenvalue weighted by atomic mass is 10.1. The van der Waals surface area contributed by atoms with Crippen molar-refractivity contribution >= 4 is 35.2 Å². The van der Waals surface area contributed by atoms with Crippen molar-refractivity contribution in [1.29, 1.82) is 0 Å². The van der Waals surface area contributed by atoms with Crippen LogP contribution >= 0.6 is 23.2 Å². The zero-order valence-corrected chi connectivity index (χ0v) is 19.0. The Kier molecular flexibility index (Phi) is 6.51. The van der Waals surface area contributed by atoms with E-state index in [1.165, 1.54) is 0 Å². The summed E-state index contributed by atoms with van der Waals surface area (Å²) in [6, 6.07) is 15.5. The van der Waals surface area contributed by atoms with E-state index in [1.54, 1.807) is 11.8 Å². The molecule has 1 aliphatic heterocycles. The Labute approximate surface area is 191 Å². The highest BCUT2D eigenvalue weighted by Crippen LogP contribution is 2.33. The number of nitrogens with zero attached hydrogens (tertiary/aromatic N) is 4. The van der Waals surface area contributed by atoms with Gasteiger partial charge in [0.25, 0.3) is 0 Å². The first-order chi connectivity index (χ1) is 15.0. The Morgan fingerprint density at radius 1 is 1.06 bits per heavy atom. The number of aldehydes is 1. The second-order valence-corrected chi connectivity index (χ2v) is 8.24. The van der Waals surface area contributed by atoms with Crippen molar-refractivity contribution in [3.63, 3.8) is 0 Å². The highest BCUT2D eigenvalue weighted by atomic mass is 35.5. The van der Waals surface area contributed by atoms with Gasteiger partial charge in [0.2, 0.25) is 0 Å². The number of hydrogen-bond acceptors (Lipinski definition) is 5. The number of piperazine rings is 1. The van der Waals surface area contributed by atoms with E-state index in [0.717, 1.165) is 36.3 Å². The fraction of sp³-hybridized carbons (Fsp3) is 0.304. The molecule has 162 valence electrons. The standard InChI is InChI=1S/C23H24Cl2N4O2/c1-16-22(25)23(17-6-4-3-5-7-17)26-29(16)21(15-30)28-12-10-27(11-13-28)18-8-9-19(24)20(14-18)31-2/h3-9,14-15,21H,10-13H2,1-2H3. The maximum Gasteiger partial charge on any atom is 0.160 e. The molecule has 0 amide bonds. The summed E-state index contributed by atoms with van der Waals surface area (Å²) in [7, 11) is 1.61. The van der Waals surface area contributed by atoms with Crippen LogP contribution in [0.1, 0.15) is 11.9 Å². The summed E-state index contributed by atoms with van der Waals surface area (Å²) in [5.41, 5.74) is 3.45. The highest BCUT2D eigenvalue weighted by molar-refractivity contribution is 6.33. The van der Waals surface area contributed by atoms with Crippen LogP contribution < -0.4 is 9.64 Å². The van der Waals surface area contributed by atoms with Crippen LogP contribution in [0.25, 0.3) is 11.3 Å². The zero-order valence-electron chi connectivity index (χ0n) is 17.5. The molecule has 1 fully saturated rings. The number of carbonyl (C=O) groups excluding carboxylic acids is 1. The topological polar surface area (TPSA) is 50.6 Å². The fourth-order valence-corrected chi connectivity index (χ4v) is 4.35. The van der Waals surface area contributed by atoms with Crippen molar-refractivity contribution < 1.29 is 9.53 Å². The fourth-order valence-electron chi connectivity index (χ4n) is 3.92. The van der Waals surface area contributed by atoms with Crippen LogP contribution in [0.5, 0.6) is 5.75 Å². The molecule has 1 aromatic heterocycles. The third-order valence-corrected chi connectivity index (χ3v) is 6.45. The number of carbonyl (C=O) groups is 1. The van der Waals surface area contributed by atoms with E-state index >= 15 is 0 Å². The molecule has 8 heteroatoms. The Balaban J connectivity index is 1.52. The van der Waals surface area contributed by atoms with Crippen LogP contribution in [0.3, 0.4) is 0 Å². The third kappa shape index (κ3) is 4.28. The number of halogens is 2. The van der Waals surface area contributed by atoms with Gasteiger partial charge in [-0.05, 0) is 19.1 Å². The number of anilines is 1. The lowest BCUT2D eigenvalue weighted by Crippen LogP contribution is -2.49. The van der Waals surface area contributed by atoms with Gasteiger partial charge in [0.1, 0.15) is 11.4 Å². The lowest BCUT2D eigenvalue weighted by Gasteiger charge is -2.38. The Bertz CT molecular complexity index is 1060. The molecule has 0 bridgehead atoms. The second kappa shape index (κ2) is 9.30. The van der Waals surface area contributed by atoms with Crippen molar-refractivity contribution in [1.82, 2.24) is 14.7 Å². The highest BCUT2D eigenvalue weighted by Gasteiger charge is 2.28. The molecule has 0 aliphatic carbocycles. The molecule has 1 unspecified atom stereocenters. The molecule has 1 saturated heterocycles. The quantitative estimate of drug-likeness (QED) is 0.501. The third-order valence-electron chi connectivity index (χ3n) is 5.68. The minimum absolute atomic E-state index is 0.503. The van der Waals surface area contributed by atoms with Crippen LogP contribution in [0, 0.1) is 6.92 Å². The Morgan fingerprint density at radius 2 is 1.77 bits per heavy atom. The maximum atomic E-state index is 12.1. The average Bonchev–Trinajstić information content (AvgIpc) is 3.10.